The number of aliphatic hydroxyl groups excluding tert-OH is 1. The molecule has 4 aliphatic rings. The van der Waals surface area contributed by atoms with E-state index < -0.39 is 45.2 Å². The van der Waals surface area contributed by atoms with Crippen molar-refractivity contribution in [3.8, 4) is 5.75 Å². The average molecular weight is 668 g/mol. The number of benzene rings is 1. The summed E-state index contributed by atoms with van der Waals surface area (Å²) in [7, 11) is 0. The fourth-order valence-corrected chi connectivity index (χ4v) is 8.99. The number of halogens is 3. The summed E-state index contributed by atoms with van der Waals surface area (Å²) in [5.74, 6) is -4.30. The highest BCUT2D eigenvalue weighted by molar-refractivity contribution is 9.09. The SMILES string of the molecule is O=C1C2CC=C3C(CC4(Cl)C(=O)N(CBr)C(=O)C4(Cl)C3c3ccccc3OCCO)C2C(=O)N1Cc1cccs1. The molecule has 0 radical (unpaired) electrons. The van der Waals surface area contributed by atoms with Crippen molar-refractivity contribution in [1.29, 1.82) is 0 Å². The first kappa shape index (κ1) is 27.9. The number of alkyl halides is 3. The lowest BCUT2D eigenvalue weighted by molar-refractivity contribution is -0.141. The zero-order valence-electron chi connectivity index (χ0n) is 21.1. The monoisotopic (exact) mass is 666 g/mol. The number of amides is 4. The third kappa shape index (κ3) is 3.79. The second-order valence-electron chi connectivity index (χ2n) is 10.4. The van der Waals surface area contributed by atoms with Gasteiger partial charge < -0.3 is 9.84 Å². The van der Waals surface area contributed by atoms with Crippen LogP contribution in [0.2, 0.25) is 0 Å². The Morgan fingerprint density at radius 2 is 1.80 bits per heavy atom. The summed E-state index contributed by atoms with van der Waals surface area (Å²) < 4.78 is 5.84. The molecule has 3 heterocycles. The van der Waals surface area contributed by atoms with Gasteiger partial charge in [0.15, 0.2) is 9.75 Å². The van der Waals surface area contributed by atoms with Gasteiger partial charge in [0.1, 0.15) is 12.4 Å². The van der Waals surface area contributed by atoms with Gasteiger partial charge in [-0.2, -0.15) is 0 Å². The molecular formula is C28H25BrCl2N2O6S. The van der Waals surface area contributed by atoms with Gasteiger partial charge in [-0.05, 0) is 36.3 Å². The second kappa shape index (κ2) is 10.2. The van der Waals surface area contributed by atoms with Crippen LogP contribution in [0.3, 0.4) is 0 Å². The van der Waals surface area contributed by atoms with E-state index in [2.05, 4.69) is 15.9 Å². The van der Waals surface area contributed by atoms with Gasteiger partial charge in [0.25, 0.3) is 11.8 Å². The summed E-state index contributed by atoms with van der Waals surface area (Å²) in [5, 5.41) is 11.3. The van der Waals surface area contributed by atoms with Crippen molar-refractivity contribution in [2.24, 2.45) is 17.8 Å². The zero-order chi connectivity index (χ0) is 28.4. The number of allylic oxidation sites excluding steroid dienone is 2. The largest absolute Gasteiger partial charge is 0.491 e. The van der Waals surface area contributed by atoms with Crippen LogP contribution in [0.4, 0.5) is 0 Å². The Bertz CT molecular complexity index is 1440. The Labute approximate surface area is 253 Å². The van der Waals surface area contributed by atoms with Crippen LogP contribution in [0, 0.1) is 17.8 Å². The topological polar surface area (TPSA) is 104 Å². The van der Waals surface area contributed by atoms with E-state index >= 15 is 0 Å². The molecule has 1 aromatic carbocycles. The second-order valence-corrected chi connectivity index (χ2v) is 13.2. The van der Waals surface area contributed by atoms with E-state index in [1.54, 1.807) is 24.3 Å². The first-order valence-electron chi connectivity index (χ1n) is 12.9. The number of nitrogens with zero attached hydrogens (tertiary/aromatic N) is 2. The van der Waals surface area contributed by atoms with Crippen molar-refractivity contribution in [2.75, 3.05) is 18.7 Å². The van der Waals surface area contributed by atoms with Crippen LogP contribution in [0.5, 0.6) is 5.75 Å². The number of rotatable bonds is 7. The van der Waals surface area contributed by atoms with Gasteiger partial charge in [-0.3, -0.25) is 29.0 Å². The predicted molar refractivity (Wildman–Crippen MR) is 152 cm³/mol. The minimum Gasteiger partial charge on any atom is -0.491 e. The van der Waals surface area contributed by atoms with E-state index in [-0.39, 0.29) is 43.4 Å². The number of imide groups is 2. The number of hydrogen-bond donors (Lipinski definition) is 1. The standard InChI is InChI=1S/C28H25BrCl2N2O6S/c29-14-33-25(37)27(30)12-19-16(7-8-18-21(19)24(36)32(23(18)35)13-15-4-3-11-40-15)22(28(27,31)26(33)38)17-5-1-2-6-20(17)39-10-9-34/h1-7,11,18-19,21-22,34H,8-10,12-14H2. The summed E-state index contributed by atoms with van der Waals surface area (Å²) in [6, 6.07) is 10.7. The van der Waals surface area contributed by atoms with E-state index in [4.69, 9.17) is 27.9 Å². The van der Waals surface area contributed by atoms with Gasteiger partial charge in [0.2, 0.25) is 11.8 Å². The van der Waals surface area contributed by atoms with Crippen molar-refractivity contribution in [1.82, 2.24) is 9.80 Å². The molecule has 0 spiro atoms. The fraction of sp³-hybridized carbons (Fsp3) is 0.429. The van der Waals surface area contributed by atoms with Crippen LogP contribution >= 0.6 is 50.5 Å². The van der Waals surface area contributed by atoms with E-state index in [0.717, 1.165) is 9.78 Å². The lowest BCUT2D eigenvalue weighted by Crippen LogP contribution is -2.60. The molecule has 1 saturated carbocycles. The van der Waals surface area contributed by atoms with Crippen LogP contribution in [0.25, 0.3) is 0 Å². The van der Waals surface area contributed by atoms with Gasteiger partial charge in [-0.1, -0.05) is 51.8 Å². The zero-order valence-corrected chi connectivity index (χ0v) is 25.0. The molecule has 6 rings (SSSR count). The number of carbonyl (C=O) groups is 4. The maximum atomic E-state index is 13.9. The van der Waals surface area contributed by atoms with Crippen LogP contribution in [-0.2, 0) is 25.7 Å². The van der Waals surface area contributed by atoms with E-state index in [9.17, 15) is 24.3 Å². The molecular weight excluding hydrogens is 643 g/mol. The Kier molecular flexibility index (Phi) is 7.14. The average Bonchev–Trinajstić information content (AvgIpc) is 3.59. The lowest BCUT2D eigenvalue weighted by Gasteiger charge is -2.51. The van der Waals surface area contributed by atoms with Gasteiger partial charge in [0.05, 0.1) is 30.4 Å². The number of thiophene rings is 1. The molecule has 2 aliphatic heterocycles. The van der Waals surface area contributed by atoms with Crippen LogP contribution < -0.4 is 4.74 Å². The molecule has 2 aromatic rings. The molecule has 4 amide bonds. The number of fused-ring (bicyclic) bond motifs is 4. The molecule has 210 valence electrons. The first-order chi connectivity index (χ1) is 19.2. The lowest BCUT2D eigenvalue weighted by atomic mass is 9.56. The molecule has 40 heavy (non-hydrogen) atoms. The number of carbonyl (C=O) groups excluding carboxylic acids is 4. The van der Waals surface area contributed by atoms with Crippen molar-refractivity contribution >= 4 is 74.1 Å². The van der Waals surface area contributed by atoms with E-state index in [0.29, 0.717) is 23.3 Å². The fourth-order valence-electron chi connectivity index (χ4n) is 6.88. The first-order valence-corrected chi connectivity index (χ1v) is 15.6. The normalized spacial score (nSPS) is 33.1. The molecule has 3 fully saturated rings. The Balaban J connectivity index is 1.50. The van der Waals surface area contributed by atoms with Crippen molar-refractivity contribution in [3.63, 3.8) is 0 Å². The summed E-state index contributed by atoms with van der Waals surface area (Å²) in [5.41, 5.74) is 1.13. The third-order valence-electron chi connectivity index (χ3n) is 8.58. The van der Waals surface area contributed by atoms with E-state index in [1.807, 2.05) is 23.6 Å². The Hall–Kier alpha value is -2.24. The van der Waals surface area contributed by atoms with Crippen molar-refractivity contribution < 1.29 is 29.0 Å². The minimum atomic E-state index is -1.91. The van der Waals surface area contributed by atoms with Crippen molar-refractivity contribution in [3.05, 3.63) is 63.9 Å². The Morgan fingerprint density at radius 1 is 1.02 bits per heavy atom. The highest BCUT2D eigenvalue weighted by Gasteiger charge is 2.76. The van der Waals surface area contributed by atoms with Crippen molar-refractivity contribution in [2.45, 2.75) is 35.1 Å². The highest BCUT2D eigenvalue weighted by atomic mass is 79.9. The smallest absolute Gasteiger partial charge is 0.254 e. The molecule has 6 atom stereocenters. The third-order valence-corrected chi connectivity index (χ3v) is 11.4. The predicted octanol–water partition coefficient (Wildman–Crippen LogP) is 4.03. The van der Waals surface area contributed by atoms with Gasteiger partial charge in [-0.15, -0.1) is 34.5 Å². The number of likely N-dealkylation sites (tertiary alicyclic amines) is 2. The van der Waals surface area contributed by atoms with Crippen LogP contribution in [0.1, 0.15) is 29.2 Å². The molecule has 2 saturated heterocycles. The minimum absolute atomic E-state index is 0.00326. The quantitative estimate of drug-likeness (QED) is 0.207. The molecule has 12 heteroatoms. The van der Waals surface area contributed by atoms with Crippen LogP contribution in [0.15, 0.2) is 53.4 Å². The molecule has 8 nitrogen and oxygen atoms in total. The highest BCUT2D eigenvalue weighted by Crippen LogP contribution is 2.66. The molecule has 1 N–H and O–H groups in total. The molecule has 6 unspecified atom stereocenters. The van der Waals surface area contributed by atoms with E-state index in [1.165, 1.54) is 16.2 Å². The number of hydrogen-bond acceptors (Lipinski definition) is 7. The summed E-state index contributed by atoms with van der Waals surface area (Å²) >= 11 is 19.2. The van der Waals surface area contributed by atoms with Gasteiger partial charge in [-0.25, -0.2) is 0 Å². The van der Waals surface area contributed by atoms with Gasteiger partial charge >= 0.3 is 0 Å². The molecule has 1 aromatic heterocycles. The summed E-state index contributed by atoms with van der Waals surface area (Å²) in [6.07, 6.45) is 2.13. The maximum Gasteiger partial charge on any atom is 0.254 e. The summed E-state index contributed by atoms with van der Waals surface area (Å²) in [4.78, 5) is 54.5. The van der Waals surface area contributed by atoms with Crippen LogP contribution in [-0.4, -0.2) is 67.0 Å². The Morgan fingerprint density at radius 3 is 2.50 bits per heavy atom. The number of aliphatic hydroxyl groups is 1. The molecule has 2 aliphatic carbocycles. The molecule has 0 bridgehead atoms. The maximum absolute atomic E-state index is 13.9. The summed E-state index contributed by atoms with van der Waals surface area (Å²) in [6.45, 7) is -0.0415. The number of para-hydroxylation sites is 1. The number of ether oxygens (including phenoxy) is 1. The van der Waals surface area contributed by atoms with Gasteiger partial charge in [0, 0.05) is 16.4 Å².